The zero-order valence-corrected chi connectivity index (χ0v) is 11.8. The largest absolute Gasteiger partial charge is 0.394 e. The topological polar surface area (TPSA) is 78.9 Å². The molecule has 2 N–H and O–H groups in total. The first kappa shape index (κ1) is 15.8. The fourth-order valence-electron chi connectivity index (χ4n) is 1.86. The van der Waals surface area contributed by atoms with Crippen molar-refractivity contribution in [1.82, 2.24) is 9.03 Å². The summed E-state index contributed by atoms with van der Waals surface area (Å²) in [5, 5.41) is 8.50. The Labute approximate surface area is 109 Å². The van der Waals surface area contributed by atoms with Crippen LogP contribution in [0.3, 0.4) is 0 Å². The summed E-state index contributed by atoms with van der Waals surface area (Å²) >= 11 is 0. The molecule has 6 nitrogen and oxygen atoms in total. The van der Waals surface area contributed by atoms with Gasteiger partial charge in [0.15, 0.2) is 0 Å². The minimum Gasteiger partial charge on any atom is -0.394 e. The number of ether oxygens (including phenoxy) is 1. The highest BCUT2D eigenvalue weighted by Crippen LogP contribution is 2.17. The minimum atomic E-state index is -3.32. The van der Waals surface area contributed by atoms with E-state index in [1.54, 1.807) is 0 Å². The van der Waals surface area contributed by atoms with Crippen LogP contribution < -0.4 is 4.72 Å². The number of piperidine rings is 1. The molecule has 1 saturated heterocycles. The molecule has 0 spiro atoms. The van der Waals surface area contributed by atoms with Crippen molar-refractivity contribution < 1.29 is 18.3 Å². The van der Waals surface area contributed by atoms with Gasteiger partial charge in [0, 0.05) is 26.2 Å². The molecule has 1 fully saturated rings. The fourth-order valence-corrected chi connectivity index (χ4v) is 3.13. The van der Waals surface area contributed by atoms with E-state index >= 15 is 0 Å². The third-order valence-corrected chi connectivity index (χ3v) is 4.68. The smallest absolute Gasteiger partial charge is 0.279 e. The van der Waals surface area contributed by atoms with Crippen LogP contribution in [-0.2, 0) is 14.9 Å². The van der Waals surface area contributed by atoms with E-state index in [0.717, 1.165) is 12.8 Å². The molecule has 108 valence electrons. The molecule has 0 bridgehead atoms. The number of nitrogens with zero attached hydrogens (tertiary/aromatic N) is 1. The summed E-state index contributed by atoms with van der Waals surface area (Å²) in [5.74, 6) is 0.614. The van der Waals surface area contributed by atoms with Crippen LogP contribution in [0, 0.1) is 5.92 Å². The van der Waals surface area contributed by atoms with E-state index in [-0.39, 0.29) is 6.61 Å². The summed E-state index contributed by atoms with van der Waals surface area (Å²) in [6, 6.07) is 0. The van der Waals surface area contributed by atoms with Crippen LogP contribution in [0.15, 0.2) is 0 Å². The van der Waals surface area contributed by atoms with Gasteiger partial charge in [-0.1, -0.05) is 6.92 Å². The van der Waals surface area contributed by atoms with Crippen LogP contribution >= 0.6 is 0 Å². The van der Waals surface area contributed by atoms with Gasteiger partial charge in [-0.3, -0.25) is 0 Å². The van der Waals surface area contributed by atoms with Crippen LogP contribution in [0.5, 0.6) is 0 Å². The summed E-state index contributed by atoms with van der Waals surface area (Å²) in [6.45, 7) is 4.50. The van der Waals surface area contributed by atoms with Crippen molar-refractivity contribution in [3.63, 3.8) is 0 Å². The number of hydrogen-bond donors (Lipinski definition) is 2. The van der Waals surface area contributed by atoms with Crippen LogP contribution in [0.4, 0.5) is 0 Å². The Balaban J connectivity index is 2.19. The van der Waals surface area contributed by atoms with E-state index in [1.807, 2.05) is 0 Å². The number of nitrogens with one attached hydrogen (secondary N) is 1. The van der Waals surface area contributed by atoms with Crippen molar-refractivity contribution in [1.29, 1.82) is 0 Å². The summed E-state index contributed by atoms with van der Waals surface area (Å²) in [6.07, 6.45) is 2.48. The van der Waals surface area contributed by atoms with Crippen molar-refractivity contribution in [2.24, 2.45) is 5.92 Å². The quantitative estimate of drug-likeness (QED) is 0.611. The fraction of sp³-hybridized carbons (Fsp3) is 1.00. The molecule has 0 aliphatic carbocycles. The van der Waals surface area contributed by atoms with Gasteiger partial charge in [0.25, 0.3) is 10.2 Å². The first-order chi connectivity index (χ1) is 8.56. The first-order valence-electron chi connectivity index (χ1n) is 6.49. The second kappa shape index (κ2) is 8.06. The summed E-state index contributed by atoms with van der Waals surface area (Å²) < 4.78 is 33.0. The number of rotatable bonds is 8. The monoisotopic (exact) mass is 280 g/mol. The highest BCUT2D eigenvalue weighted by atomic mass is 32.2. The molecule has 1 rings (SSSR count). The molecule has 0 aromatic heterocycles. The van der Waals surface area contributed by atoms with Gasteiger partial charge in [0.05, 0.1) is 13.2 Å². The molecule has 0 aromatic rings. The third kappa shape index (κ3) is 5.62. The van der Waals surface area contributed by atoms with Gasteiger partial charge in [-0.25, -0.2) is 4.72 Å². The third-order valence-electron chi connectivity index (χ3n) is 3.07. The predicted octanol–water partition coefficient (Wildman–Crippen LogP) is -0.0483. The average Bonchev–Trinajstić information content (AvgIpc) is 2.34. The van der Waals surface area contributed by atoms with Gasteiger partial charge in [-0.05, 0) is 25.2 Å². The molecule has 0 amide bonds. The molecule has 0 aromatic carbocycles. The molecular formula is C11H24N2O4S. The maximum Gasteiger partial charge on any atom is 0.279 e. The highest BCUT2D eigenvalue weighted by Gasteiger charge is 2.25. The normalized spacial score (nSPS) is 19.2. The van der Waals surface area contributed by atoms with Crippen LogP contribution in [0.1, 0.15) is 26.2 Å². The number of hydrogen-bond acceptors (Lipinski definition) is 4. The van der Waals surface area contributed by atoms with Crippen molar-refractivity contribution in [2.75, 3.05) is 39.5 Å². The molecule has 1 aliphatic rings. The minimum absolute atomic E-state index is 0.00229. The van der Waals surface area contributed by atoms with Gasteiger partial charge >= 0.3 is 0 Å². The standard InChI is InChI=1S/C11H24N2O4S/c1-11-3-6-13(7-4-11)18(15,16)12-5-2-9-17-10-8-14/h11-12,14H,2-10H2,1H3. The lowest BCUT2D eigenvalue weighted by molar-refractivity contribution is 0.0913. The number of aliphatic hydroxyl groups is 1. The molecule has 1 heterocycles. The van der Waals surface area contributed by atoms with E-state index in [2.05, 4.69) is 11.6 Å². The maximum absolute atomic E-state index is 11.9. The van der Waals surface area contributed by atoms with Crippen molar-refractivity contribution in [3.05, 3.63) is 0 Å². The lowest BCUT2D eigenvalue weighted by Gasteiger charge is -2.29. The molecular weight excluding hydrogens is 256 g/mol. The lowest BCUT2D eigenvalue weighted by atomic mass is 10.0. The zero-order valence-electron chi connectivity index (χ0n) is 11.0. The van der Waals surface area contributed by atoms with Crippen LogP contribution in [-0.4, -0.2) is 57.3 Å². The molecule has 1 aliphatic heterocycles. The zero-order chi connectivity index (χ0) is 13.4. The van der Waals surface area contributed by atoms with Gasteiger partial charge in [0.2, 0.25) is 0 Å². The Hall–Kier alpha value is -0.210. The van der Waals surface area contributed by atoms with E-state index in [4.69, 9.17) is 9.84 Å². The second-order valence-electron chi connectivity index (χ2n) is 4.67. The number of aliphatic hydroxyl groups excluding tert-OH is 1. The second-order valence-corrected chi connectivity index (χ2v) is 6.43. The van der Waals surface area contributed by atoms with Gasteiger partial charge in [-0.15, -0.1) is 0 Å². The van der Waals surface area contributed by atoms with E-state index in [1.165, 1.54) is 4.31 Å². The molecule has 18 heavy (non-hydrogen) atoms. The summed E-state index contributed by atoms with van der Waals surface area (Å²) in [4.78, 5) is 0. The van der Waals surface area contributed by atoms with Gasteiger partial charge in [0.1, 0.15) is 0 Å². The molecule has 7 heteroatoms. The Morgan fingerprint density at radius 1 is 1.33 bits per heavy atom. The Morgan fingerprint density at radius 3 is 2.61 bits per heavy atom. The van der Waals surface area contributed by atoms with Gasteiger partial charge < -0.3 is 9.84 Å². The SMILES string of the molecule is CC1CCN(S(=O)(=O)NCCCOCCO)CC1. The molecule has 0 saturated carbocycles. The molecule has 0 radical (unpaired) electrons. The summed E-state index contributed by atoms with van der Waals surface area (Å²) in [7, 11) is -3.32. The average molecular weight is 280 g/mol. The van der Waals surface area contributed by atoms with Crippen LogP contribution in [0.2, 0.25) is 0 Å². The Kier molecular flexibility index (Phi) is 7.10. The molecule has 0 unspecified atom stereocenters. The van der Waals surface area contributed by atoms with Crippen molar-refractivity contribution in [3.8, 4) is 0 Å². The van der Waals surface area contributed by atoms with E-state index < -0.39 is 10.2 Å². The maximum atomic E-state index is 11.9. The lowest BCUT2D eigenvalue weighted by Crippen LogP contribution is -2.45. The van der Waals surface area contributed by atoms with Gasteiger partial charge in [-0.2, -0.15) is 12.7 Å². The Bertz CT molecular complexity index is 313. The van der Waals surface area contributed by atoms with Crippen molar-refractivity contribution in [2.45, 2.75) is 26.2 Å². The van der Waals surface area contributed by atoms with E-state index in [0.29, 0.717) is 45.2 Å². The van der Waals surface area contributed by atoms with Crippen LogP contribution in [0.25, 0.3) is 0 Å². The van der Waals surface area contributed by atoms with E-state index in [9.17, 15) is 8.42 Å². The Morgan fingerprint density at radius 2 is 2.00 bits per heavy atom. The summed E-state index contributed by atoms with van der Waals surface area (Å²) in [5.41, 5.74) is 0. The highest BCUT2D eigenvalue weighted by molar-refractivity contribution is 7.87. The molecule has 0 atom stereocenters. The van der Waals surface area contributed by atoms with Crippen molar-refractivity contribution >= 4 is 10.2 Å². The first-order valence-corrected chi connectivity index (χ1v) is 7.93. The predicted molar refractivity (Wildman–Crippen MR) is 69.4 cm³/mol.